The molecule has 3 heteroatoms. The van der Waals surface area contributed by atoms with Gasteiger partial charge in [-0.05, 0) is 32.2 Å². The van der Waals surface area contributed by atoms with Crippen molar-refractivity contribution in [1.29, 1.82) is 0 Å². The van der Waals surface area contributed by atoms with Crippen LogP contribution in [-0.2, 0) is 4.79 Å². The molecule has 1 aliphatic heterocycles. The lowest BCUT2D eigenvalue weighted by atomic mass is 9.96. The van der Waals surface area contributed by atoms with Gasteiger partial charge in [0.2, 0.25) is 5.91 Å². The van der Waals surface area contributed by atoms with Crippen molar-refractivity contribution < 1.29 is 4.79 Å². The van der Waals surface area contributed by atoms with Crippen molar-refractivity contribution in [3.05, 3.63) is 0 Å². The third-order valence-corrected chi connectivity index (χ3v) is 3.83. The Kier molecular flexibility index (Phi) is 4.64. The summed E-state index contributed by atoms with van der Waals surface area (Å²) >= 11 is 0. The van der Waals surface area contributed by atoms with Crippen molar-refractivity contribution in [2.24, 2.45) is 0 Å². The smallest absolute Gasteiger partial charge is 0.237 e. The molecule has 0 radical (unpaired) electrons. The molecule has 1 heterocycles. The number of rotatable bonds is 2. The van der Waals surface area contributed by atoms with Gasteiger partial charge in [0.1, 0.15) is 0 Å². The zero-order valence-corrected chi connectivity index (χ0v) is 10.1. The van der Waals surface area contributed by atoms with Crippen LogP contribution in [0.25, 0.3) is 0 Å². The molecule has 0 aromatic heterocycles. The molecule has 92 valence electrons. The van der Waals surface area contributed by atoms with Gasteiger partial charge in [-0.25, -0.2) is 0 Å². The quantitative estimate of drug-likeness (QED) is 0.753. The van der Waals surface area contributed by atoms with E-state index in [0.29, 0.717) is 6.04 Å². The van der Waals surface area contributed by atoms with Crippen LogP contribution >= 0.6 is 0 Å². The third kappa shape index (κ3) is 3.48. The Bertz CT molecular complexity index is 216. The predicted octanol–water partition coefficient (Wildman–Crippen LogP) is 1.97. The first-order valence-corrected chi connectivity index (χ1v) is 6.90. The van der Waals surface area contributed by atoms with Gasteiger partial charge in [0, 0.05) is 6.04 Å². The van der Waals surface area contributed by atoms with Crippen LogP contribution in [0.3, 0.4) is 0 Å². The molecule has 2 rings (SSSR count). The minimum Gasteiger partial charge on any atom is -0.352 e. The van der Waals surface area contributed by atoms with Gasteiger partial charge in [-0.1, -0.05) is 32.1 Å². The molecule has 0 aromatic rings. The fraction of sp³-hybridized carbons (Fsp3) is 0.923. The van der Waals surface area contributed by atoms with Gasteiger partial charge in [0.25, 0.3) is 0 Å². The van der Waals surface area contributed by atoms with Crippen LogP contribution in [0, 0.1) is 0 Å². The number of carbonyl (C=O) groups excluding carboxylic acids is 1. The molecule has 2 aliphatic rings. The highest BCUT2D eigenvalue weighted by Crippen LogP contribution is 2.17. The van der Waals surface area contributed by atoms with E-state index in [2.05, 4.69) is 10.6 Å². The molecule has 1 saturated carbocycles. The van der Waals surface area contributed by atoms with Crippen LogP contribution in [0.1, 0.15) is 57.8 Å². The van der Waals surface area contributed by atoms with Gasteiger partial charge in [0.05, 0.1) is 6.04 Å². The summed E-state index contributed by atoms with van der Waals surface area (Å²) in [6.45, 7) is 1.00. The van der Waals surface area contributed by atoms with E-state index < -0.39 is 0 Å². The molecule has 0 aromatic carbocycles. The number of nitrogens with one attached hydrogen (secondary N) is 2. The summed E-state index contributed by atoms with van der Waals surface area (Å²) in [6.07, 6.45) is 11.1. The van der Waals surface area contributed by atoms with Crippen LogP contribution in [0.2, 0.25) is 0 Å². The van der Waals surface area contributed by atoms with Crippen LogP contribution in [0.15, 0.2) is 0 Å². The zero-order chi connectivity index (χ0) is 11.2. The molecule has 1 saturated heterocycles. The molecule has 1 unspecified atom stereocenters. The second-order valence-corrected chi connectivity index (χ2v) is 5.20. The molecule has 16 heavy (non-hydrogen) atoms. The normalized spacial score (nSPS) is 28.4. The summed E-state index contributed by atoms with van der Waals surface area (Å²) in [4.78, 5) is 11.9. The lowest BCUT2D eigenvalue weighted by Crippen LogP contribution is -2.45. The van der Waals surface area contributed by atoms with Crippen molar-refractivity contribution in [3.8, 4) is 0 Å². The predicted molar refractivity (Wildman–Crippen MR) is 65.3 cm³/mol. The van der Waals surface area contributed by atoms with Crippen molar-refractivity contribution in [2.75, 3.05) is 6.54 Å². The van der Waals surface area contributed by atoms with E-state index in [1.54, 1.807) is 0 Å². The Morgan fingerprint density at radius 3 is 2.25 bits per heavy atom. The molecular formula is C13H24N2O. The van der Waals surface area contributed by atoms with Crippen molar-refractivity contribution in [1.82, 2.24) is 10.6 Å². The highest BCUT2D eigenvalue weighted by Gasteiger charge is 2.24. The Hall–Kier alpha value is -0.570. The summed E-state index contributed by atoms with van der Waals surface area (Å²) in [5.74, 6) is 0.239. The lowest BCUT2D eigenvalue weighted by Gasteiger charge is -2.22. The number of hydrogen-bond donors (Lipinski definition) is 2. The Balaban J connectivity index is 1.75. The summed E-state index contributed by atoms with van der Waals surface area (Å²) in [7, 11) is 0. The SMILES string of the molecule is O=C(NC1CCCCCCC1)C1CCCN1. The van der Waals surface area contributed by atoms with Crippen LogP contribution in [0.5, 0.6) is 0 Å². The summed E-state index contributed by atoms with van der Waals surface area (Å²) in [5.41, 5.74) is 0. The average Bonchev–Trinajstić information content (AvgIpc) is 2.74. The van der Waals surface area contributed by atoms with Gasteiger partial charge in [-0.15, -0.1) is 0 Å². The van der Waals surface area contributed by atoms with Gasteiger partial charge < -0.3 is 10.6 Å². The molecular weight excluding hydrogens is 200 g/mol. The molecule has 0 bridgehead atoms. The molecule has 1 amide bonds. The molecule has 2 N–H and O–H groups in total. The lowest BCUT2D eigenvalue weighted by molar-refractivity contribution is -0.123. The molecule has 1 aliphatic carbocycles. The summed E-state index contributed by atoms with van der Waals surface area (Å²) < 4.78 is 0. The van der Waals surface area contributed by atoms with Crippen LogP contribution in [0.4, 0.5) is 0 Å². The van der Waals surface area contributed by atoms with Gasteiger partial charge in [-0.2, -0.15) is 0 Å². The molecule has 2 fully saturated rings. The fourth-order valence-electron chi connectivity index (χ4n) is 2.81. The fourth-order valence-corrected chi connectivity index (χ4v) is 2.81. The van der Waals surface area contributed by atoms with Crippen LogP contribution < -0.4 is 10.6 Å². The second kappa shape index (κ2) is 6.24. The molecule has 1 atom stereocenters. The van der Waals surface area contributed by atoms with E-state index in [1.165, 1.54) is 44.9 Å². The number of hydrogen-bond acceptors (Lipinski definition) is 2. The summed E-state index contributed by atoms with van der Waals surface area (Å²) in [6, 6.07) is 0.528. The first-order valence-electron chi connectivity index (χ1n) is 6.90. The van der Waals surface area contributed by atoms with E-state index in [0.717, 1.165) is 19.4 Å². The maximum atomic E-state index is 11.9. The van der Waals surface area contributed by atoms with Gasteiger partial charge in [0.15, 0.2) is 0 Å². The van der Waals surface area contributed by atoms with E-state index in [1.807, 2.05) is 0 Å². The Labute approximate surface area is 98.4 Å². The first-order chi connectivity index (χ1) is 7.86. The summed E-state index contributed by atoms with van der Waals surface area (Å²) in [5, 5.41) is 6.49. The minimum atomic E-state index is 0.0884. The maximum Gasteiger partial charge on any atom is 0.237 e. The topological polar surface area (TPSA) is 41.1 Å². The maximum absolute atomic E-state index is 11.9. The van der Waals surface area contributed by atoms with Crippen molar-refractivity contribution in [3.63, 3.8) is 0 Å². The zero-order valence-electron chi connectivity index (χ0n) is 10.1. The van der Waals surface area contributed by atoms with E-state index in [-0.39, 0.29) is 11.9 Å². The standard InChI is InChI=1S/C13H24N2O/c16-13(12-9-6-10-14-12)15-11-7-4-2-1-3-5-8-11/h11-12,14H,1-10H2,(H,15,16). The number of amides is 1. The van der Waals surface area contributed by atoms with Gasteiger partial charge in [-0.3, -0.25) is 4.79 Å². The highest BCUT2D eigenvalue weighted by atomic mass is 16.2. The Morgan fingerprint density at radius 2 is 1.62 bits per heavy atom. The van der Waals surface area contributed by atoms with E-state index >= 15 is 0 Å². The van der Waals surface area contributed by atoms with E-state index in [9.17, 15) is 4.79 Å². The van der Waals surface area contributed by atoms with E-state index in [4.69, 9.17) is 0 Å². The van der Waals surface area contributed by atoms with Gasteiger partial charge >= 0.3 is 0 Å². The first kappa shape index (κ1) is 11.9. The van der Waals surface area contributed by atoms with Crippen LogP contribution in [-0.4, -0.2) is 24.5 Å². The monoisotopic (exact) mass is 224 g/mol. The second-order valence-electron chi connectivity index (χ2n) is 5.20. The Morgan fingerprint density at radius 1 is 0.938 bits per heavy atom. The average molecular weight is 224 g/mol. The largest absolute Gasteiger partial charge is 0.352 e. The van der Waals surface area contributed by atoms with Crippen molar-refractivity contribution >= 4 is 5.91 Å². The highest BCUT2D eigenvalue weighted by molar-refractivity contribution is 5.82. The minimum absolute atomic E-state index is 0.0884. The molecule has 0 spiro atoms. The third-order valence-electron chi connectivity index (χ3n) is 3.83. The number of carbonyl (C=O) groups is 1. The van der Waals surface area contributed by atoms with Crippen molar-refractivity contribution in [2.45, 2.75) is 69.9 Å². The molecule has 3 nitrogen and oxygen atoms in total.